The first-order valence-corrected chi connectivity index (χ1v) is 5.68. The summed E-state index contributed by atoms with van der Waals surface area (Å²) in [5.74, 6) is -0.705. The third kappa shape index (κ3) is 4.16. The van der Waals surface area contributed by atoms with Gasteiger partial charge in [0.15, 0.2) is 0 Å². The third-order valence-corrected chi connectivity index (χ3v) is 2.46. The molecule has 0 aliphatic carbocycles. The second-order valence-electron chi connectivity index (χ2n) is 3.37. The van der Waals surface area contributed by atoms with Crippen molar-refractivity contribution in [2.75, 3.05) is 7.11 Å². The maximum atomic E-state index is 11.8. The van der Waals surface area contributed by atoms with E-state index in [0.29, 0.717) is 12.2 Å². The number of hydrogen-bond acceptors (Lipinski definition) is 3. The number of nitrogens with one attached hydrogen (secondary N) is 2. The average molecular weight is 301 g/mol. The molecule has 17 heavy (non-hydrogen) atoms. The van der Waals surface area contributed by atoms with Gasteiger partial charge in [-0.25, -0.2) is 0 Å². The summed E-state index contributed by atoms with van der Waals surface area (Å²) in [4.78, 5) is 22.4. The Balaban J connectivity index is 2.87. The number of hydrazine groups is 1. The van der Waals surface area contributed by atoms with E-state index < -0.39 is 0 Å². The first kappa shape index (κ1) is 13.7. The highest BCUT2D eigenvalue weighted by Crippen LogP contribution is 2.17. The van der Waals surface area contributed by atoms with Gasteiger partial charge in [0.2, 0.25) is 5.91 Å². The summed E-state index contributed by atoms with van der Waals surface area (Å²) in [6.07, 6.45) is 0. The van der Waals surface area contributed by atoms with Gasteiger partial charge in [0.05, 0.1) is 6.61 Å². The molecular weight excluding hydrogens is 288 g/mol. The van der Waals surface area contributed by atoms with Gasteiger partial charge in [0.25, 0.3) is 5.91 Å². The first-order chi connectivity index (χ1) is 8.04. The van der Waals surface area contributed by atoms with E-state index in [0.717, 1.165) is 10.0 Å². The lowest BCUT2D eigenvalue weighted by Crippen LogP contribution is -2.40. The Morgan fingerprint density at radius 3 is 2.65 bits per heavy atom. The van der Waals surface area contributed by atoms with Gasteiger partial charge < -0.3 is 4.74 Å². The quantitative estimate of drug-likeness (QED) is 0.829. The number of carbonyl (C=O) groups is 2. The van der Waals surface area contributed by atoms with E-state index in [4.69, 9.17) is 4.74 Å². The van der Waals surface area contributed by atoms with E-state index in [1.165, 1.54) is 6.92 Å². The van der Waals surface area contributed by atoms with Crippen molar-refractivity contribution in [1.29, 1.82) is 0 Å². The Morgan fingerprint density at radius 1 is 1.35 bits per heavy atom. The van der Waals surface area contributed by atoms with Crippen LogP contribution in [0.5, 0.6) is 0 Å². The molecule has 0 spiro atoms. The summed E-state index contributed by atoms with van der Waals surface area (Å²) >= 11 is 3.32. The highest BCUT2D eigenvalue weighted by Gasteiger charge is 2.11. The topological polar surface area (TPSA) is 67.4 Å². The van der Waals surface area contributed by atoms with Crippen molar-refractivity contribution in [2.24, 2.45) is 0 Å². The molecule has 6 heteroatoms. The third-order valence-electron chi connectivity index (χ3n) is 1.96. The minimum absolute atomic E-state index is 0.322. The average Bonchev–Trinajstić information content (AvgIpc) is 2.26. The van der Waals surface area contributed by atoms with Crippen molar-refractivity contribution in [1.82, 2.24) is 10.9 Å². The fourth-order valence-electron chi connectivity index (χ4n) is 1.27. The second-order valence-corrected chi connectivity index (χ2v) is 4.29. The van der Waals surface area contributed by atoms with E-state index in [1.807, 2.05) is 0 Å². The molecule has 0 atom stereocenters. The molecule has 0 saturated carbocycles. The van der Waals surface area contributed by atoms with Crippen LogP contribution in [0.15, 0.2) is 22.7 Å². The predicted octanol–water partition coefficient (Wildman–Crippen LogP) is 1.38. The smallest absolute Gasteiger partial charge is 0.270 e. The summed E-state index contributed by atoms with van der Waals surface area (Å²) in [5, 5.41) is 0. The van der Waals surface area contributed by atoms with Gasteiger partial charge in [-0.1, -0.05) is 15.9 Å². The summed E-state index contributed by atoms with van der Waals surface area (Å²) in [6.45, 7) is 1.64. The zero-order valence-electron chi connectivity index (χ0n) is 9.54. The summed E-state index contributed by atoms with van der Waals surface area (Å²) < 4.78 is 5.87. The fourth-order valence-corrected chi connectivity index (χ4v) is 1.68. The van der Waals surface area contributed by atoms with Crippen molar-refractivity contribution in [2.45, 2.75) is 13.5 Å². The monoisotopic (exact) mass is 300 g/mol. The van der Waals surface area contributed by atoms with Gasteiger partial charge in [-0.2, -0.15) is 0 Å². The second kappa shape index (κ2) is 6.36. The number of methoxy groups -OCH3 is 1. The predicted molar refractivity (Wildman–Crippen MR) is 66.1 cm³/mol. The number of ether oxygens (including phenoxy) is 1. The highest BCUT2D eigenvalue weighted by molar-refractivity contribution is 9.10. The first-order valence-electron chi connectivity index (χ1n) is 4.89. The Bertz CT molecular complexity index is 435. The number of carbonyl (C=O) groups excluding carboxylic acids is 2. The Morgan fingerprint density at radius 2 is 2.06 bits per heavy atom. The maximum absolute atomic E-state index is 11.8. The molecule has 0 aliphatic heterocycles. The molecule has 1 rings (SSSR count). The lowest BCUT2D eigenvalue weighted by atomic mass is 10.1. The van der Waals surface area contributed by atoms with Crippen LogP contribution < -0.4 is 10.9 Å². The van der Waals surface area contributed by atoms with Crippen LogP contribution in [-0.4, -0.2) is 18.9 Å². The number of benzene rings is 1. The summed E-state index contributed by atoms with van der Waals surface area (Å²) in [7, 11) is 1.55. The van der Waals surface area contributed by atoms with Crippen LogP contribution >= 0.6 is 15.9 Å². The van der Waals surface area contributed by atoms with Crippen LogP contribution in [0.3, 0.4) is 0 Å². The van der Waals surface area contributed by atoms with Crippen molar-refractivity contribution in [3.8, 4) is 0 Å². The zero-order chi connectivity index (χ0) is 12.8. The molecule has 0 unspecified atom stereocenters. The zero-order valence-corrected chi connectivity index (χ0v) is 11.1. The van der Waals surface area contributed by atoms with E-state index in [1.54, 1.807) is 25.3 Å². The van der Waals surface area contributed by atoms with E-state index in [9.17, 15) is 9.59 Å². The van der Waals surface area contributed by atoms with Gasteiger partial charge in [-0.3, -0.25) is 20.4 Å². The number of rotatable bonds is 3. The van der Waals surface area contributed by atoms with Crippen LogP contribution in [0.4, 0.5) is 0 Å². The van der Waals surface area contributed by atoms with Crippen molar-refractivity contribution in [3.05, 3.63) is 33.8 Å². The van der Waals surface area contributed by atoms with Gasteiger partial charge in [-0.05, 0) is 23.8 Å². The number of halogens is 1. The van der Waals surface area contributed by atoms with Crippen LogP contribution in [0, 0.1) is 0 Å². The largest absolute Gasteiger partial charge is 0.380 e. The minimum atomic E-state index is -0.375. The van der Waals surface area contributed by atoms with Crippen LogP contribution in [-0.2, 0) is 16.1 Å². The van der Waals surface area contributed by atoms with Gasteiger partial charge in [-0.15, -0.1) is 0 Å². The van der Waals surface area contributed by atoms with Crippen molar-refractivity contribution >= 4 is 27.7 Å². The molecule has 5 nitrogen and oxygen atoms in total. The minimum Gasteiger partial charge on any atom is -0.380 e. The SMILES string of the molecule is COCc1cc(Br)ccc1C(=O)NNC(C)=O. The standard InChI is InChI=1S/C11H13BrN2O3/c1-7(15)13-14-11(16)10-4-3-9(12)5-8(10)6-17-2/h3-5H,6H2,1-2H3,(H,13,15)(H,14,16). The van der Waals surface area contributed by atoms with E-state index in [2.05, 4.69) is 26.8 Å². The van der Waals surface area contributed by atoms with Gasteiger partial charge in [0, 0.05) is 24.1 Å². The van der Waals surface area contributed by atoms with Gasteiger partial charge >= 0.3 is 0 Å². The molecule has 1 aromatic carbocycles. The highest BCUT2D eigenvalue weighted by atomic mass is 79.9. The maximum Gasteiger partial charge on any atom is 0.270 e. The molecular formula is C11H13BrN2O3. The van der Waals surface area contributed by atoms with Gasteiger partial charge in [0.1, 0.15) is 0 Å². The molecule has 2 amide bonds. The molecule has 0 aromatic heterocycles. The molecule has 0 radical (unpaired) electrons. The lowest BCUT2D eigenvalue weighted by Gasteiger charge is -2.10. The molecule has 2 N–H and O–H groups in total. The van der Waals surface area contributed by atoms with E-state index in [-0.39, 0.29) is 11.8 Å². The molecule has 92 valence electrons. The molecule has 0 saturated heterocycles. The normalized spacial score (nSPS) is 9.82. The Kier molecular flexibility index (Phi) is 5.11. The fraction of sp³-hybridized carbons (Fsp3) is 0.273. The van der Waals surface area contributed by atoms with Crippen molar-refractivity contribution < 1.29 is 14.3 Å². The van der Waals surface area contributed by atoms with Crippen molar-refractivity contribution in [3.63, 3.8) is 0 Å². The molecule has 0 fully saturated rings. The van der Waals surface area contributed by atoms with Crippen LogP contribution in [0.25, 0.3) is 0 Å². The number of hydrogen-bond donors (Lipinski definition) is 2. The van der Waals surface area contributed by atoms with Crippen LogP contribution in [0.1, 0.15) is 22.8 Å². The molecule has 0 bridgehead atoms. The molecule has 0 heterocycles. The van der Waals surface area contributed by atoms with E-state index >= 15 is 0 Å². The summed E-state index contributed by atoms with van der Waals surface area (Å²) in [6, 6.07) is 5.21. The number of amides is 2. The molecule has 1 aromatic rings. The van der Waals surface area contributed by atoms with Crippen LogP contribution in [0.2, 0.25) is 0 Å². The Labute approximate surface area is 108 Å². The summed E-state index contributed by atoms with van der Waals surface area (Å²) in [5.41, 5.74) is 5.75. The Hall–Kier alpha value is -1.40. The lowest BCUT2D eigenvalue weighted by molar-refractivity contribution is -0.119. The molecule has 0 aliphatic rings.